The van der Waals surface area contributed by atoms with E-state index in [4.69, 9.17) is 0 Å². The van der Waals surface area contributed by atoms with Crippen LogP contribution in [0, 0.1) is 0 Å². The molecular formula is C9H18N2O3S. The van der Waals surface area contributed by atoms with Gasteiger partial charge in [0.15, 0.2) is 0 Å². The van der Waals surface area contributed by atoms with Crippen LogP contribution in [-0.2, 0) is 14.6 Å². The molecule has 0 fully saturated rings. The van der Waals surface area contributed by atoms with Crippen molar-refractivity contribution in [2.75, 3.05) is 38.7 Å². The van der Waals surface area contributed by atoms with Gasteiger partial charge in [-0.3, -0.25) is 4.79 Å². The molecule has 0 unspecified atom stereocenters. The summed E-state index contributed by atoms with van der Waals surface area (Å²) in [5.74, 6) is -0.128. The van der Waals surface area contributed by atoms with Crippen LogP contribution in [0.2, 0.25) is 0 Å². The van der Waals surface area contributed by atoms with Crippen LogP contribution in [0.4, 0.5) is 0 Å². The number of nitrogens with one attached hydrogen (secondary N) is 1. The summed E-state index contributed by atoms with van der Waals surface area (Å²) in [4.78, 5) is 12.8. The van der Waals surface area contributed by atoms with Crippen molar-refractivity contribution >= 4 is 15.7 Å². The second-order valence-electron chi connectivity index (χ2n) is 3.36. The highest BCUT2D eigenvalue weighted by molar-refractivity contribution is 7.90. The lowest BCUT2D eigenvalue weighted by Gasteiger charge is -2.16. The van der Waals surface area contributed by atoms with E-state index < -0.39 is 9.84 Å². The van der Waals surface area contributed by atoms with Crippen molar-refractivity contribution in [3.8, 4) is 0 Å². The van der Waals surface area contributed by atoms with Crippen molar-refractivity contribution in [1.29, 1.82) is 0 Å². The van der Waals surface area contributed by atoms with Crippen LogP contribution in [-0.4, -0.2) is 57.9 Å². The number of likely N-dealkylation sites (N-methyl/N-ethyl adjacent to an activating group) is 1. The number of hydrogen-bond acceptors (Lipinski definition) is 4. The molecule has 0 aromatic heterocycles. The maximum atomic E-state index is 11.4. The van der Waals surface area contributed by atoms with Gasteiger partial charge in [0.25, 0.3) is 0 Å². The predicted octanol–water partition coefficient (Wildman–Crippen LogP) is -0.735. The Morgan fingerprint density at radius 2 is 2.13 bits per heavy atom. The van der Waals surface area contributed by atoms with Crippen LogP contribution in [0.15, 0.2) is 12.7 Å². The lowest BCUT2D eigenvalue weighted by atomic mass is 10.5. The summed E-state index contributed by atoms with van der Waals surface area (Å²) in [5, 5.41) is 2.85. The fourth-order valence-electron chi connectivity index (χ4n) is 0.844. The first-order valence-electron chi connectivity index (χ1n) is 4.60. The first-order chi connectivity index (χ1) is 6.87. The van der Waals surface area contributed by atoms with E-state index in [0.29, 0.717) is 6.54 Å². The minimum Gasteiger partial charge on any atom is -0.344 e. The number of carbonyl (C=O) groups is 1. The van der Waals surface area contributed by atoms with Crippen LogP contribution >= 0.6 is 0 Å². The Labute approximate surface area is 91.1 Å². The molecule has 15 heavy (non-hydrogen) atoms. The van der Waals surface area contributed by atoms with Gasteiger partial charge in [-0.05, 0) is 0 Å². The summed E-state index contributed by atoms with van der Waals surface area (Å²) < 4.78 is 21.7. The monoisotopic (exact) mass is 234 g/mol. The number of sulfone groups is 1. The summed E-state index contributed by atoms with van der Waals surface area (Å²) in [6.07, 6.45) is 2.81. The molecular weight excluding hydrogens is 216 g/mol. The van der Waals surface area contributed by atoms with Gasteiger partial charge in [0.1, 0.15) is 9.84 Å². The standard InChI is InChI=1S/C9H18N2O3S/c1-4-5-10-8-9(12)11(2)6-7-15(3,13)14/h4,10H,1,5-8H2,2-3H3. The Morgan fingerprint density at radius 3 is 2.60 bits per heavy atom. The molecule has 6 heteroatoms. The summed E-state index contributed by atoms with van der Waals surface area (Å²) in [6.45, 7) is 4.50. The van der Waals surface area contributed by atoms with E-state index in [-0.39, 0.29) is 24.7 Å². The van der Waals surface area contributed by atoms with Crippen LogP contribution in [0.3, 0.4) is 0 Å². The molecule has 0 bridgehead atoms. The van der Waals surface area contributed by atoms with Crippen molar-refractivity contribution in [3.05, 3.63) is 12.7 Å². The zero-order valence-electron chi connectivity index (χ0n) is 9.19. The molecule has 0 radical (unpaired) electrons. The van der Waals surface area contributed by atoms with E-state index in [1.807, 2.05) is 0 Å². The molecule has 0 heterocycles. The molecule has 0 aromatic carbocycles. The van der Waals surface area contributed by atoms with E-state index in [2.05, 4.69) is 11.9 Å². The fourth-order valence-corrected chi connectivity index (χ4v) is 1.45. The van der Waals surface area contributed by atoms with E-state index in [0.717, 1.165) is 6.26 Å². The minimum absolute atomic E-state index is 0.00328. The molecule has 1 amide bonds. The highest BCUT2D eigenvalue weighted by Gasteiger charge is 2.10. The van der Waals surface area contributed by atoms with Crippen LogP contribution in [0.1, 0.15) is 0 Å². The van der Waals surface area contributed by atoms with Gasteiger partial charge in [-0.25, -0.2) is 8.42 Å². The zero-order valence-corrected chi connectivity index (χ0v) is 10.0. The summed E-state index contributed by atoms with van der Waals surface area (Å²) in [6, 6.07) is 0. The third-order valence-electron chi connectivity index (χ3n) is 1.79. The van der Waals surface area contributed by atoms with Gasteiger partial charge in [-0.2, -0.15) is 0 Å². The van der Waals surface area contributed by atoms with E-state index >= 15 is 0 Å². The number of amides is 1. The van der Waals surface area contributed by atoms with Gasteiger partial charge in [0.2, 0.25) is 5.91 Å². The average molecular weight is 234 g/mol. The SMILES string of the molecule is C=CCNCC(=O)N(C)CCS(C)(=O)=O. The molecule has 88 valence electrons. The third kappa shape index (κ3) is 8.14. The summed E-state index contributed by atoms with van der Waals surface area (Å²) in [5.41, 5.74) is 0. The topological polar surface area (TPSA) is 66.5 Å². The van der Waals surface area contributed by atoms with Crippen LogP contribution < -0.4 is 5.32 Å². The molecule has 0 aliphatic carbocycles. The third-order valence-corrected chi connectivity index (χ3v) is 2.71. The Hall–Kier alpha value is -0.880. The lowest BCUT2D eigenvalue weighted by molar-refractivity contribution is -0.128. The van der Waals surface area contributed by atoms with E-state index in [1.54, 1.807) is 13.1 Å². The summed E-state index contributed by atoms with van der Waals surface area (Å²) >= 11 is 0. The Morgan fingerprint density at radius 1 is 1.53 bits per heavy atom. The summed E-state index contributed by atoms with van der Waals surface area (Å²) in [7, 11) is -1.42. The molecule has 5 nitrogen and oxygen atoms in total. The molecule has 0 saturated carbocycles. The van der Waals surface area contributed by atoms with Crippen LogP contribution in [0.25, 0.3) is 0 Å². The van der Waals surface area contributed by atoms with Crippen molar-refractivity contribution in [3.63, 3.8) is 0 Å². The van der Waals surface area contributed by atoms with Crippen molar-refractivity contribution < 1.29 is 13.2 Å². The normalized spacial score (nSPS) is 11.1. The Kier molecular flexibility index (Phi) is 6.19. The second kappa shape index (κ2) is 6.58. The zero-order chi connectivity index (χ0) is 11.9. The molecule has 0 saturated heterocycles. The second-order valence-corrected chi connectivity index (χ2v) is 5.62. The van der Waals surface area contributed by atoms with Crippen molar-refractivity contribution in [2.45, 2.75) is 0 Å². The molecule has 0 spiro atoms. The first kappa shape index (κ1) is 14.1. The molecule has 0 aromatic rings. The number of rotatable bonds is 7. The molecule has 0 aliphatic heterocycles. The van der Waals surface area contributed by atoms with Gasteiger partial charge in [-0.1, -0.05) is 6.08 Å². The quantitative estimate of drug-likeness (QED) is 0.466. The molecule has 1 N–H and O–H groups in total. The largest absolute Gasteiger partial charge is 0.344 e. The highest BCUT2D eigenvalue weighted by Crippen LogP contribution is 1.88. The molecule has 0 aliphatic rings. The van der Waals surface area contributed by atoms with Crippen molar-refractivity contribution in [2.24, 2.45) is 0 Å². The number of carbonyl (C=O) groups excluding carboxylic acids is 1. The van der Waals surface area contributed by atoms with Crippen molar-refractivity contribution in [1.82, 2.24) is 10.2 Å². The fraction of sp³-hybridized carbons (Fsp3) is 0.667. The van der Waals surface area contributed by atoms with E-state index in [9.17, 15) is 13.2 Å². The van der Waals surface area contributed by atoms with Gasteiger partial charge < -0.3 is 10.2 Å². The average Bonchev–Trinajstić information content (AvgIpc) is 2.13. The first-order valence-corrected chi connectivity index (χ1v) is 6.66. The molecule has 0 rings (SSSR count). The molecule has 0 atom stereocenters. The highest BCUT2D eigenvalue weighted by atomic mass is 32.2. The smallest absolute Gasteiger partial charge is 0.236 e. The Balaban J connectivity index is 3.84. The maximum absolute atomic E-state index is 11.4. The Bertz CT molecular complexity index is 311. The van der Waals surface area contributed by atoms with E-state index in [1.165, 1.54) is 4.90 Å². The van der Waals surface area contributed by atoms with Gasteiger partial charge in [0, 0.05) is 26.4 Å². The minimum atomic E-state index is -3.01. The maximum Gasteiger partial charge on any atom is 0.236 e. The van der Waals surface area contributed by atoms with Gasteiger partial charge in [0.05, 0.1) is 12.3 Å². The van der Waals surface area contributed by atoms with Crippen LogP contribution in [0.5, 0.6) is 0 Å². The number of hydrogen-bond donors (Lipinski definition) is 1. The predicted molar refractivity (Wildman–Crippen MR) is 60.4 cm³/mol. The van der Waals surface area contributed by atoms with Gasteiger partial charge >= 0.3 is 0 Å². The number of nitrogens with zero attached hydrogens (tertiary/aromatic N) is 1. The van der Waals surface area contributed by atoms with Gasteiger partial charge in [-0.15, -0.1) is 6.58 Å². The lowest BCUT2D eigenvalue weighted by Crippen LogP contribution is -2.38.